The van der Waals surface area contributed by atoms with Gasteiger partial charge in [-0.05, 0) is 48.7 Å². The molecule has 0 spiro atoms. The van der Waals surface area contributed by atoms with E-state index in [0.29, 0.717) is 48.9 Å². The summed E-state index contributed by atoms with van der Waals surface area (Å²) in [6.07, 6.45) is 4.25. The lowest BCUT2D eigenvalue weighted by atomic mass is 10.1. The van der Waals surface area contributed by atoms with E-state index >= 15 is 0 Å². The summed E-state index contributed by atoms with van der Waals surface area (Å²) in [5.74, 6) is 0.349. The Morgan fingerprint density at radius 3 is 2.49 bits per heavy atom. The zero-order valence-corrected chi connectivity index (χ0v) is 23.3. The van der Waals surface area contributed by atoms with Gasteiger partial charge < -0.3 is 10.1 Å². The number of amides is 1. The number of halogens is 2. The number of carbonyl (C=O) groups excluding carboxylic acids is 1. The number of hydrogen-bond acceptors (Lipinski definition) is 4. The van der Waals surface area contributed by atoms with Gasteiger partial charge in [0.15, 0.2) is 0 Å². The maximum absolute atomic E-state index is 12.8. The van der Waals surface area contributed by atoms with E-state index in [0.717, 1.165) is 15.6 Å². The first-order chi connectivity index (χ1) is 17.8. The number of benzene rings is 3. The molecule has 0 unspecified atom stereocenters. The molecule has 6 nitrogen and oxygen atoms in total. The number of nitrogens with zero attached hydrogens (tertiary/aromatic N) is 1. The highest BCUT2D eigenvalue weighted by atomic mass is 79.9. The van der Waals surface area contributed by atoms with Crippen LogP contribution in [0, 0.1) is 0 Å². The van der Waals surface area contributed by atoms with Crippen LogP contribution in [-0.2, 0) is 27.2 Å². The van der Waals surface area contributed by atoms with E-state index in [1.54, 1.807) is 24.3 Å². The van der Waals surface area contributed by atoms with E-state index in [1.165, 1.54) is 10.4 Å². The van der Waals surface area contributed by atoms with Crippen LogP contribution in [0.15, 0.2) is 83.3 Å². The summed E-state index contributed by atoms with van der Waals surface area (Å²) in [4.78, 5) is 12.6. The molecule has 0 saturated carbocycles. The molecule has 1 aliphatic rings. The standard InChI is InChI=1S/C28H28BrClN2O4S/c29-26-9-5-4-8-23(26)19-36-27-12-11-24(30)18-22(27)10-13-28(33)31-25-14-16-32(17-15-25)37(34,35)20-21-6-2-1-3-7-21/h1-13,18,25H,14-17,19-20H2,(H,31,33)/b13-10+. The van der Waals surface area contributed by atoms with Crippen LogP contribution in [0.1, 0.15) is 29.5 Å². The predicted octanol–water partition coefficient (Wildman–Crippen LogP) is 5.81. The molecule has 4 rings (SSSR count). The van der Waals surface area contributed by atoms with Gasteiger partial charge in [-0.3, -0.25) is 4.79 Å². The molecular formula is C28H28BrClN2O4S. The van der Waals surface area contributed by atoms with Crippen molar-refractivity contribution in [1.82, 2.24) is 9.62 Å². The molecule has 37 heavy (non-hydrogen) atoms. The van der Waals surface area contributed by atoms with Crippen LogP contribution in [0.3, 0.4) is 0 Å². The lowest BCUT2D eigenvalue weighted by Gasteiger charge is -2.31. The minimum Gasteiger partial charge on any atom is -0.488 e. The highest BCUT2D eigenvalue weighted by molar-refractivity contribution is 9.10. The first-order valence-corrected chi connectivity index (χ1v) is 14.7. The molecule has 1 fully saturated rings. The summed E-state index contributed by atoms with van der Waals surface area (Å²) < 4.78 is 34.0. The predicted molar refractivity (Wildman–Crippen MR) is 151 cm³/mol. The monoisotopic (exact) mass is 602 g/mol. The SMILES string of the molecule is O=C(/C=C/c1cc(Cl)ccc1OCc1ccccc1Br)NC1CCN(S(=O)(=O)Cc2ccccc2)CC1. The fourth-order valence-electron chi connectivity index (χ4n) is 4.12. The fourth-order valence-corrected chi connectivity index (χ4v) is 6.26. The van der Waals surface area contributed by atoms with Crippen molar-refractivity contribution in [3.8, 4) is 5.75 Å². The molecule has 0 aromatic heterocycles. The van der Waals surface area contributed by atoms with Crippen molar-refractivity contribution in [1.29, 1.82) is 0 Å². The van der Waals surface area contributed by atoms with Crippen molar-refractivity contribution in [3.05, 3.63) is 105 Å². The topological polar surface area (TPSA) is 75.7 Å². The van der Waals surface area contributed by atoms with Crippen molar-refractivity contribution in [3.63, 3.8) is 0 Å². The largest absolute Gasteiger partial charge is 0.488 e. The molecule has 1 saturated heterocycles. The Balaban J connectivity index is 1.31. The summed E-state index contributed by atoms with van der Waals surface area (Å²) in [6.45, 7) is 1.12. The summed E-state index contributed by atoms with van der Waals surface area (Å²) in [5, 5.41) is 3.52. The minimum atomic E-state index is -3.39. The Morgan fingerprint density at radius 2 is 1.76 bits per heavy atom. The summed E-state index contributed by atoms with van der Waals surface area (Å²) in [5.41, 5.74) is 2.46. The zero-order chi connectivity index (χ0) is 26.3. The summed E-state index contributed by atoms with van der Waals surface area (Å²) in [6, 6.07) is 22.1. The van der Waals surface area contributed by atoms with Crippen molar-refractivity contribution >= 4 is 49.5 Å². The number of rotatable bonds is 9. The Bertz CT molecular complexity index is 1360. The molecule has 9 heteroatoms. The molecule has 194 valence electrons. The lowest BCUT2D eigenvalue weighted by molar-refractivity contribution is -0.117. The van der Waals surface area contributed by atoms with Crippen LogP contribution in [0.4, 0.5) is 0 Å². The van der Waals surface area contributed by atoms with Gasteiger partial charge in [-0.15, -0.1) is 0 Å². The molecule has 1 aliphatic heterocycles. The van der Waals surface area contributed by atoms with E-state index < -0.39 is 10.0 Å². The van der Waals surface area contributed by atoms with E-state index in [4.69, 9.17) is 16.3 Å². The first-order valence-electron chi connectivity index (χ1n) is 12.0. The number of piperidine rings is 1. The third-order valence-corrected chi connectivity index (χ3v) is 8.97. The highest BCUT2D eigenvalue weighted by Gasteiger charge is 2.28. The molecule has 1 heterocycles. The Kier molecular flexibility index (Phi) is 9.43. The molecule has 0 atom stereocenters. The van der Waals surface area contributed by atoms with Crippen LogP contribution in [0.25, 0.3) is 6.08 Å². The zero-order valence-electron chi connectivity index (χ0n) is 20.1. The molecule has 0 aliphatic carbocycles. The normalized spacial score (nSPS) is 15.1. The second-order valence-electron chi connectivity index (χ2n) is 8.82. The summed E-state index contributed by atoms with van der Waals surface area (Å²) >= 11 is 9.70. The van der Waals surface area contributed by atoms with E-state index in [1.807, 2.05) is 54.6 Å². The van der Waals surface area contributed by atoms with Crippen molar-refractivity contribution in [2.45, 2.75) is 31.2 Å². The third kappa shape index (κ3) is 7.92. The number of sulfonamides is 1. The molecule has 1 amide bonds. The van der Waals surface area contributed by atoms with E-state index in [2.05, 4.69) is 21.2 Å². The Hall–Kier alpha value is -2.65. The van der Waals surface area contributed by atoms with Gasteiger partial charge in [0.25, 0.3) is 0 Å². The van der Waals surface area contributed by atoms with Crippen LogP contribution >= 0.6 is 27.5 Å². The summed E-state index contributed by atoms with van der Waals surface area (Å²) in [7, 11) is -3.39. The molecule has 0 radical (unpaired) electrons. The van der Waals surface area contributed by atoms with Crippen LogP contribution < -0.4 is 10.1 Å². The number of ether oxygens (including phenoxy) is 1. The molecular weight excluding hydrogens is 576 g/mol. The fraction of sp³-hybridized carbons (Fsp3) is 0.250. The van der Waals surface area contributed by atoms with Crippen LogP contribution in [0.5, 0.6) is 5.75 Å². The number of hydrogen-bond donors (Lipinski definition) is 1. The average molecular weight is 604 g/mol. The highest BCUT2D eigenvalue weighted by Crippen LogP contribution is 2.26. The van der Waals surface area contributed by atoms with Gasteiger partial charge in [0, 0.05) is 45.8 Å². The van der Waals surface area contributed by atoms with Gasteiger partial charge in [-0.1, -0.05) is 76.1 Å². The maximum atomic E-state index is 12.8. The second-order valence-corrected chi connectivity index (χ2v) is 12.1. The molecule has 3 aromatic rings. The Morgan fingerprint density at radius 1 is 1.05 bits per heavy atom. The van der Waals surface area contributed by atoms with Crippen LogP contribution in [0.2, 0.25) is 5.02 Å². The van der Waals surface area contributed by atoms with E-state index in [9.17, 15) is 13.2 Å². The minimum absolute atomic E-state index is 0.0150. The van der Waals surface area contributed by atoms with E-state index in [-0.39, 0.29) is 17.7 Å². The van der Waals surface area contributed by atoms with Crippen LogP contribution in [-0.4, -0.2) is 37.8 Å². The van der Waals surface area contributed by atoms with Crippen molar-refractivity contribution in [2.75, 3.05) is 13.1 Å². The molecule has 1 N–H and O–H groups in total. The Labute approximate surface area is 231 Å². The molecule has 3 aromatic carbocycles. The quantitative estimate of drug-likeness (QED) is 0.314. The van der Waals surface area contributed by atoms with Gasteiger partial charge in [0.1, 0.15) is 12.4 Å². The first kappa shape index (κ1) is 27.4. The lowest BCUT2D eigenvalue weighted by Crippen LogP contribution is -2.46. The second kappa shape index (κ2) is 12.7. The molecule has 0 bridgehead atoms. The third-order valence-electron chi connectivity index (χ3n) is 6.11. The average Bonchev–Trinajstić information content (AvgIpc) is 2.88. The number of nitrogens with one attached hydrogen (secondary N) is 1. The number of carbonyl (C=O) groups is 1. The van der Waals surface area contributed by atoms with Crippen molar-refractivity contribution in [2.24, 2.45) is 0 Å². The van der Waals surface area contributed by atoms with Gasteiger partial charge in [0.2, 0.25) is 15.9 Å². The van der Waals surface area contributed by atoms with Gasteiger partial charge in [-0.25, -0.2) is 12.7 Å². The van der Waals surface area contributed by atoms with Gasteiger partial charge in [0.05, 0.1) is 5.75 Å². The maximum Gasteiger partial charge on any atom is 0.244 e. The van der Waals surface area contributed by atoms with Gasteiger partial charge >= 0.3 is 0 Å². The smallest absolute Gasteiger partial charge is 0.244 e. The van der Waals surface area contributed by atoms with Crippen molar-refractivity contribution < 1.29 is 17.9 Å². The van der Waals surface area contributed by atoms with Gasteiger partial charge in [-0.2, -0.15) is 0 Å².